The van der Waals surface area contributed by atoms with Crippen LogP contribution in [0.4, 0.5) is 0 Å². The summed E-state index contributed by atoms with van der Waals surface area (Å²) in [5.74, 6) is 1.72. The number of carbonyl (C=O) groups is 1. The number of ether oxygens (including phenoxy) is 2. The fraction of sp³-hybridized carbons (Fsp3) is 0.345. The van der Waals surface area contributed by atoms with Gasteiger partial charge in [0.15, 0.2) is 11.5 Å². The van der Waals surface area contributed by atoms with Gasteiger partial charge in [-0.2, -0.15) is 0 Å². The molecule has 33 heavy (non-hydrogen) atoms. The average Bonchev–Trinajstić information content (AvgIpc) is 3.49. The zero-order chi connectivity index (χ0) is 23.2. The van der Waals surface area contributed by atoms with Crippen molar-refractivity contribution in [2.24, 2.45) is 0 Å². The van der Waals surface area contributed by atoms with E-state index in [1.807, 2.05) is 36.4 Å². The zero-order valence-corrected chi connectivity index (χ0v) is 19.5. The van der Waals surface area contributed by atoms with Gasteiger partial charge in [0.05, 0.1) is 12.0 Å². The molecule has 0 atom stereocenters. The summed E-state index contributed by atoms with van der Waals surface area (Å²) in [6.07, 6.45) is 2.14. The van der Waals surface area contributed by atoms with Gasteiger partial charge in [-0.25, -0.2) is 0 Å². The van der Waals surface area contributed by atoms with Crippen LogP contribution >= 0.6 is 0 Å². The third-order valence-electron chi connectivity index (χ3n) is 6.89. The van der Waals surface area contributed by atoms with Gasteiger partial charge in [0.2, 0.25) is 6.79 Å². The molecule has 1 saturated carbocycles. The van der Waals surface area contributed by atoms with Crippen LogP contribution in [0.25, 0.3) is 11.1 Å². The molecule has 3 aromatic rings. The summed E-state index contributed by atoms with van der Waals surface area (Å²) < 4.78 is 11.0. The third-order valence-corrected chi connectivity index (χ3v) is 6.89. The van der Waals surface area contributed by atoms with Crippen molar-refractivity contribution in [2.45, 2.75) is 57.5 Å². The molecule has 4 heteroatoms. The zero-order valence-electron chi connectivity index (χ0n) is 19.5. The van der Waals surface area contributed by atoms with Gasteiger partial charge in [-0.15, -0.1) is 0 Å². The number of carbonyl (C=O) groups excluding carboxylic acids is 1. The number of hydrogen-bond acceptors (Lipinski definition) is 4. The van der Waals surface area contributed by atoms with Crippen molar-refractivity contribution in [3.05, 3.63) is 82.9 Å². The van der Waals surface area contributed by atoms with Gasteiger partial charge in [0, 0.05) is 6.42 Å². The first kappa shape index (κ1) is 21.7. The van der Waals surface area contributed by atoms with E-state index >= 15 is 0 Å². The maximum absolute atomic E-state index is 13.5. The van der Waals surface area contributed by atoms with Crippen LogP contribution in [0.1, 0.15) is 55.9 Å². The summed E-state index contributed by atoms with van der Waals surface area (Å²) in [5.41, 5.74) is 5.88. The highest BCUT2D eigenvalue weighted by atomic mass is 16.7. The summed E-state index contributed by atoms with van der Waals surface area (Å²) in [6.45, 7) is 6.84. The fourth-order valence-electron chi connectivity index (χ4n) is 4.83. The highest BCUT2D eigenvalue weighted by molar-refractivity contribution is 5.95. The van der Waals surface area contributed by atoms with Crippen molar-refractivity contribution >= 4 is 5.78 Å². The topological polar surface area (TPSA) is 55.8 Å². The lowest BCUT2D eigenvalue weighted by Crippen LogP contribution is -2.22. The maximum atomic E-state index is 13.5. The standard InChI is InChI=1S/C29H30O4/c1-28(2,3)24-9-7-19(14-23(24)21-6-4-5-20(13-21)17-30)15-27(31)29(11-12-29)22-8-10-25-26(16-22)33-18-32-25/h4-10,13-14,16,30H,11-12,15,17-18H2,1-3H3. The van der Waals surface area contributed by atoms with Gasteiger partial charge in [0.25, 0.3) is 0 Å². The molecule has 3 aromatic carbocycles. The first-order valence-electron chi connectivity index (χ1n) is 11.6. The van der Waals surface area contributed by atoms with Gasteiger partial charge in [-0.05, 0) is 69.8 Å². The summed E-state index contributed by atoms with van der Waals surface area (Å²) in [4.78, 5) is 13.5. The first-order chi connectivity index (χ1) is 15.8. The van der Waals surface area contributed by atoms with Crippen LogP contribution in [0.15, 0.2) is 60.7 Å². The second-order valence-corrected chi connectivity index (χ2v) is 10.2. The predicted molar refractivity (Wildman–Crippen MR) is 129 cm³/mol. The molecule has 0 spiro atoms. The Hall–Kier alpha value is -3.11. The molecule has 5 rings (SSSR count). The van der Waals surface area contributed by atoms with E-state index in [1.165, 1.54) is 5.56 Å². The van der Waals surface area contributed by atoms with E-state index in [1.54, 1.807) is 0 Å². The number of Topliss-reactive ketones (excluding diaryl/α,β-unsaturated/α-hetero) is 1. The molecule has 0 aromatic heterocycles. The number of ketones is 1. The van der Waals surface area contributed by atoms with Gasteiger partial charge in [0.1, 0.15) is 5.78 Å². The van der Waals surface area contributed by atoms with Crippen molar-refractivity contribution in [1.82, 2.24) is 0 Å². The Bertz CT molecular complexity index is 1210. The molecule has 1 aliphatic heterocycles. The molecular formula is C29H30O4. The first-order valence-corrected chi connectivity index (χ1v) is 11.6. The highest BCUT2D eigenvalue weighted by Crippen LogP contribution is 2.51. The molecule has 0 radical (unpaired) electrons. The van der Waals surface area contributed by atoms with Crippen molar-refractivity contribution < 1.29 is 19.4 Å². The third kappa shape index (κ3) is 4.04. The molecule has 1 fully saturated rings. The Morgan fingerprint density at radius 1 is 0.939 bits per heavy atom. The smallest absolute Gasteiger partial charge is 0.231 e. The lowest BCUT2D eigenvalue weighted by Gasteiger charge is -2.24. The van der Waals surface area contributed by atoms with Crippen LogP contribution in [-0.4, -0.2) is 17.7 Å². The van der Waals surface area contributed by atoms with E-state index < -0.39 is 5.41 Å². The molecular weight excluding hydrogens is 412 g/mol. The second kappa shape index (κ2) is 8.03. The van der Waals surface area contributed by atoms with Crippen LogP contribution in [0.5, 0.6) is 11.5 Å². The van der Waals surface area contributed by atoms with Gasteiger partial charge < -0.3 is 14.6 Å². The van der Waals surface area contributed by atoms with Crippen LogP contribution in [-0.2, 0) is 28.7 Å². The van der Waals surface area contributed by atoms with Crippen molar-refractivity contribution in [3.63, 3.8) is 0 Å². The summed E-state index contributed by atoms with van der Waals surface area (Å²) >= 11 is 0. The van der Waals surface area contributed by atoms with Crippen molar-refractivity contribution in [3.8, 4) is 22.6 Å². The Morgan fingerprint density at radius 3 is 2.45 bits per heavy atom. The van der Waals surface area contributed by atoms with E-state index in [-0.39, 0.29) is 24.6 Å². The molecule has 4 nitrogen and oxygen atoms in total. The van der Waals surface area contributed by atoms with E-state index in [4.69, 9.17) is 9.47 Å². The highest BCUT2D eigenvalue weighted by Gasteiger charge is 2.50. The lowest BCUT2D eigenvalue weighted by atomic mass is 9.80. The molecule has 2 aliphatic rings. The molecule has 0 saturated heterocycles. The van der Waals surface area contributed by atoms with Gasteiger partial charge in [-0.3, -0.25) is 4.79 Å². The Morgan fingerprint density at radius 2 is 1.73 bits per heavy atom. The van der Waals surface area contributed by atoms with Gasteiger partial charge in [-0.1, -0.05) is 63.2 Å². The van der Waals surface area contributed by atoms with Crippen LogP contribution in [0.3, 0.4) is 0 Å². The number of fused-ring (bicyclic) bond motifs is 1. The van der Waals surface area contributed by atoms with Crippen LogP contribution in [0, 0.1) is 0 Å². The maximum Gasteiger partial charge on any atom is 0.231 e. The lowest BCUT2D eigenvalue weighted by molar-refractivity contribution is -0.120. The molecule has 170 valence electrons. The fourth-order valence-corrected chi connectivity index (χ4v) is 4.83. The molecule has 0 amide bonds. The largest absolute Gasteiger partial charge is 0.454 e. The minimum atomic E-state index is -0.416. The van der Waals surface area contributed by atoms with E-state index in [9.17, 15) is 9.90 Å². The molecule has 0 bridgehead atoms. The van der Waals surface area contributed by atoms with Crippen LogP contribution < -0.4 is 9.47 Å². The average molecular weight is 443 g/mol. The number of benzene rings is 3. The number of aliphatic hydroxyl groups excluding tert-OH is 1. The predicted octanol–water partition coefficient (Wildman–Crippen LogP) is 5.72. The molecule has 0 unspecified atom stereocenters. The summed E-state index contributed by atoms with van der Waals surface area (Å²) in [5, 5.41) is 9.61. The Balaban J connectivity index is 1.47. The number of rotatable bonds is 6. The molecule has 1 N–H and O–H groups in total. The molecule has 1 aliphatic carbocycles. The minimum absolute atomic E-state index is 0.00885. The van der Waals surface area contributed by atoms with Crippen molar-refractivity contribution in [2.75, 3.05) is 6.79 Å². The molecule has 1 heterocycles. The number of aliphatic hydroxyl groups is 1. The van der Waals surface area contributed by atoms with Crippen molar-refractivity contribution in [1.29, 1.82) is 0 Å². The van der Waals surface area contributed by atoms with Gasteiger partial charge >= 0.3 is 0 Å². The normalized spacial score (nSPS) is 16.0. The quantitative estimate of drug-likeness (QED) is 0.531. The SMILES string of the molecule is CC(C)(C)c1ccc(CC(=O)C2(c3ccc4c(c3)OCO4)CC2)cc1-c1cccc(CO)c1. The monoisotopic (exact) mass is 442 g/mol. The Kier molecular flexibility index (Phi) is 5.29. The summed E-state index contributed by atoms with van der Waals surface area (Å²) in [6, 6.07) is 20.3. The van der Waals surface area contributed by atoms with E-state index in [0.29, 0.717) is 6.42 Å². The van der Waals surface area contributed by atoms with Crippen LogP contribution in [0.2, 0.25) is 0 Å². The van der Waals surface area contributed by atoms with E-state index in [0.717, 1.165) is 52.2 Å². The minimum Gasteiger partial charge on any atom is -0.454 e. The number of hydrogen-bond donors (Lipinski definition) is 1. The summed E-state index contributed by atoms with van der Waals surface area (Å²) in [7, 11) is 0. The Labute approximate surface area is 195 Å². The second-order valence-electron chi connectivity index (χ2n) is 10.2. The van der Waals surface area contributed by atoms with E-state index in [2.05, 4.69) is 45.0 Å².